The van der Waals surface area contributed by atoms with Crippen molar-refractivity contribution in [2.24, 2.45) is 0 Å². The Balaban J connectivity index is 1.80. The number of hydrogen-bond donors (Lipinski definition) is 7. The van der Waals surface area contributed by atoms with Crippen molar-refractivity contribution in [2.75, 3.05) is 33.0 Å². The lowest BCUT2D eigenvalue weighted by molar-refractivity contribution is -0.332. The van der Waals surface area contributed by atoms with Crippen molar-refractivity contribution < 1.29 is 69.0 Å². The van der Waals surface area contributed by atoms with Gasteiger partial charge in [-0.3, -0.25) is 4.79 Å². The summed E-state index contributed by atoms with van der Waals surface area (Å²) in [4.78, 5) is 13.0. The van der Waals surface area contributed by atoms with Crippen molar-refractivity contribution >= 4 is 5.97 Å². The van der Waals surface area contributed by atoms with Gasteiger partial charge in [0.2, 0.25) is 0 Å². The molecule has 0 saturated carbocycles. The van der Waals surface area contributed by atoms with E-state index in [-0.39, 0.29) is 19.6 Å². The van der Waals surface area contributed by atoms with Gasteiger partial charge in [0.1, 0.15) is 54.9 Å². The first-order valence-corrected chi connectivity index (χ1v) is 25.4. The minimum absolute atomic E-state index is 0.0382. The largest absolute Gasteiger partial charge is 0.457 e. The highest BCUT2D eigenvalue weighted by molar-refractivity contribution is 5.69. The summed E-state index contributed by atoms with van der Waals surface area (Å²) in [6.45, 7) is 3.49. The first-order chi connectivity index (χ1) is 32.1. The molecule has 2 fully saturated rings. The maximum Gasteiger partial charge on any atom is 0.306 e. The molecule has 0 radical (unpaired) electrons. The van der Waals surface area contributed by atoms with Crippen molar-refractivity contribution in [1.29, 1.82) is 0 Å². The third-order valence-electron chi connectivity index (χ3n) is 11.8. The van der Waals surface area contributed by atoms with Crippen LogP contribution in [0.2, 0.25) is 0 Å². The Bertz CT molecular complexity index is 1320. The summed E-state index contributed by atoms with van der Waals surface area (Å²) in [5.74, 6) is -0.420. The maximum absolute atomic E-state index is 13.0. The van der Waals surface area contributed by atoms with Gasteiger partial charge in [0.15, 0.2) is 12.6 Å². The molecule has 7 N–H and O–H groups in total. The molecule has 0 aromatic carbocycles. The van der Waals surface area contributed by atoms with Crippen LogP contribution >= 0.6 is 0 Å². The molecule has 0 aliphatic carbocycles. The van der Waals surface area contributed by atoms with E-state index in [2.05, 4.69) is 74.6 Å². The number of rotatable bonds is 39. The summed E-state index contributed by atoms with van der Waals surface area (Å²) in [7, 11) is 0. The zero-order chi connectivity index (χ0) is 48.0. The molecule has 2 heterocycles. The Labute approximate surface area is 396 Å². The molecule has 0 bridgehead atoms. The lowest BCUT2D eigenvalue weighted by Crippen LogP contribution is -2.61. The van der Waals surface area contributed by atoms with Gasteiger partial charge in [-0.15, -0.1) is 0 Å². The fourth-order valence-corrected chi connectivity index (χ4v) is 7.62. The highest BCUT2D eigenvalue weighted by atomic mass is 16.7. The van der Waals surface area contributed by atoms with E-state index in [1.54, 1.807) is 0 Å². The maximum atomic E-state index is 13.0. The minimum Gasteiger partial charge on any atom is -0.457 e. The molecule has 0 spiro atoms. The topological polar surface area (TPSA) is 214 Å². The normalized spacial score (nSPS) is 26.8. The molecule has 14 heteroatoms. The molecule has 11 unspecified atom stereocenters. The van der Waals surface area contributed by atoms with Gasteiger partial charge in [0.05, 0.1) is 26.4 Å². The van der Waals surface area contributed by atoms with Gasteiger partial charge in [-0.25, -0.2) is 0 Å². The third-order valence-corrected chi connectivity index (χ3v) is 11.8. The van der Waals surface area contributed by atoms with Crippen LogP contribution in [-0.4, -0.2) is 142 Å². The number of esters is 1. The predicted molar refractivity (Wildman–Crippen MR) is 256 cm³/mol. The molecule has 2 aliphatic heterocycles. The second-order valence-electron chi connectivity index (χ2n) is 17.6. The zero-order valence-electron chi connectivity index (χ0n) is 40.4. The minimum atomic E-state index is -1.72. The van der Waals surface area contributed by atoms with Gasteiger partial charge in [-0.2, -0.15) is 0 Å². The van der Waals surface area contributed by atoms with Crippen molar-refractivity contribution in [3.8, 4) is 0 Å². The van der Waals surface area contributed by atoms with E-state index in [1.165, 1.54) is 70.6 Å². The molecule has 382 valence electrons. The summed E-state index contributed by atoms with van der Waals surface area (Å²) in [6.07, 6.45) is 30.0. The van der Waals surface area contributed by atoms with E-state index in [0.29, 0.717) is 13.0 Å². The summed E-state index contributed by atoms with van der Waals surface area (Å²) < 4.78 is 34.2. The van der Waals surface area contributed by atoms with Crippen molar-refractivity contribution in [1.82, 2.24) is 0 Å². The number of aliphatic hydroxyl groups is 7. The molecule has 11 atom stereocenters. The molecular formula is C52H90O14. The third kappa shape index (κ3) is 27.0. The van der Waals surface area contributed by atoms with E-state index in [9.17, 15) is 40.5 Å². The number of allylic oxidation sites excluding steroid dienone is 10. The van der Waals surface area contributed by atoms with Gasteiger partial charge >= 0.3 is 5.97 Å². The molecule has 0 aromatic heterocycles. The van der Waals surface area contributed by atoms with Gasteiger partial charge in [-0.05, 0) is 77.0 Å². The van der Waals surface area contributed by atoms with Crippen LogP contribution in [0.4, 0.5) is 0 Å². The van der Waals surface area contributed by atoms with E-state index in [1.807, 2.05) is 0 Å². The van der Waals surface area contributed by atoms with Crippen molar-refractivity contribution in [3.63, 3.8) is 0 Å². The van der Waals surface area contributed by atoms with Crippen molar-refractivity contribution in [2.45, 2.75) is 229 Å². The molecule has 14 nitrogen and oxygen atoms in total. The van der Waals surface area contributed by atoms with Crippen LogP contribution in [0.5, 0.6) is 0 Å². The highest BCUT2D eigenvalue weighted by Gasteiger charge is 2.47. The summed E-state index contributed by atoms with van der Waals surface area (Å²) in [6, 6.07) is 0. The average molecular weight is 939 g/mol. The number of hydrogen-bond acceptors (Lipinski definition) is 14. The number of unbranched alkanes of at least 4 members (excludes halogenated alkanes) is 15. The van der Waals surface area contributed by atoms with Gasteiger partial charge in [0.25, 0.3) is 0 Å². The lowest BCUT2D eigenvalue weighted by atomic mass is 9.98. The number of carbonyl (C=O) groups excluding carboxylic acids is 1. The van der Waals surface area contributed by atoms with Crippen molar-refractivity contribution in [3.05, 3.63) is 60.8 Å². The quantitative estimate of drug-likeness (QED) is 0.0183. The Hall–Kier alpha value is -2.31. The standard InChI is InChI=1S/C52H90O14/c1-3-5-7-9-11-13-15-17-19-20-22-24-26-28-30-32-34-36-61-38-41(64-44(54)35-33-31-29-27-25-23-21-18-16-14-12-10-8-6-4-2)39-62-51-50(60)48(58)46(56)43(66-51)40-63-52-49(59)47(57)45(55)42(37-53)65-52/h6,8,12,14,18-21,25,27,41-43,45-53,55-60H,3-5,7,9-11,13,15-17,22-24,26,28-40H2,1-2H3/b8-6-,14-12-,20-19-,21-18-,27-25-. The van der Waals surface area contributed by atoms with Gasteiger partial charge < -0.3 is 64.2 Å². The van der Waals surface area contributed by atoms with Gasteiger partial charge in [0, 0.05) is 13.0 Å². The van der Waals surface area contributed by atoms with E-state index in [4.69, 9.17) is 28.4 Å². The summed E-state index contributed by atoms with van der Waals surface area (Å²) >= 11 is 0. The number of ether oxygens (including phenoxy) is 6. The van der Waals surface area contributed by atoms with E-state index >= 15 is 0 Å². The molecule has 2 aliphatic rings. The molecule has 66 heavy (non-hydrogen) atoms. The monoisotopic (exact) mass is 939 g/mol. The van der Waals surface area contributed by atoms with Crippen LogP contribution in [0.3, 0.4) is 0 Å². The summed E-state index contributed by atoms with van der Waals surface area (Å²) in [5.41, 5.74) is 0. The van der Waals surface area contributed by atoms with Crippen LogP contribution in [0.25, 0.3) is 0 Å². The Morgan fingerprint density at radius 3 is 1.56 bits per heavy atom. The van der Waals surface area contributed by atoms with Crippen LogP contribution < -0.4 is 0 Å². The SMILES string of the molecule is CC/C=C\C/C=C\C/C=C\C/C=C\CCCCC(=O)OC(COCCCCCCCC/C=C\CCCCCCCCC)COC1OC(COC2OC(CO)C(O)C(O)C2O)C(O)C(O)C1O. The number of aliphatic hydroxyl groups excluding tert-OH is 7. The van der Waals surface area contributed by atoms with Gasteiger partial charge in [-0.1, -0.05) is 139 Å². The van der Waals surface area contributed by atoms with Crippen LogP contribution in [-0.2, 0) is 33.2 Å². The first kappa shape index (κ1) is 59.8. The molecule has 2 saturated heterocycles. The van der Waals surface area contributed by atoms with Crippen LogP contribution in [0, 0.1) is 0 Å². The zero-order valence-corrected chi connectivity index (χ0v) is 40.4. The van der Waals surface area contributed by atoms with Crippen LogP contribution in [0.1, 0.15) is 162 Å². The fraction of sp³-hybridized carbons (Fsp3) is 0.788. The number of carbonyl (C=O) groups is 1. The molecule has 0 aromatic rings. The lowest BCUT2D eigenvalue weighted by Gasteiger charge is -2.42. The second kappa shape index (κ2) is 39.5. The highest BCUT2D eigenvalue weighted by Crippen LogP contribution is 2.26. The smallest absolute Gasteiger partial charge is 0.306 e. The fourth-order valence-electron chi connectivity index (χ4n) is 7.62. The Kier molecular flexibility index (Phi) is 35.8. The summed E-state index contributed by atoms with van der Waals surface area (Å²) in [5, 5.41) is 72.1. The van der Waals surface area contributed by atoms with E-state index in [0.717, 1.165) is 64.2 Å². The molecule has 2 rings (SSSR count). The van der Waals surface area contributed by atoms with E-state index < -0.39 is 86.7 Å². The Morgan fingerprint density at radius 1 is 0.515 bits per heavy atom. The molecular weight excluding hydrogens is 849 g/mol. The Morgan fingerprint density at radius 2 is 0.985 bits per heavy atom. The predicted octanol–water partition coefficient (Wildman–Crippen LogP) is 7.35. The first-order valence-electron chi connectivity index (χ1n) is 25.4. The second-order valence-corrected chi connectivity index (χ2v) is 17.6. The molecule has 0 amide bonds. The average Bonchev–Trinajstić information content (AvgIpc) is 3.31. The van der Waals surface area contributed by atoms with Crippen LogP contribution in [0.15, 0.2) is 60.8 Å².